The molecule has 0 radical (unpaired) electrons. The Bertz CT molecular complexity index is 2770. The molecule has 1 atom stereocenters. The standard InChI is InChI=1S/C55H77ClN6O9SSi2/c1-54(2,3)73(9,10)70-45-24-23-41(50-49(45)60-53(66)72-50)47(71-74(11,12)55(4,5)6)36-57-35-38-33-42(56)44(34-46(38)67-8)59-51(64)68-32-18-28-61(7)48(63)27-31-62-29-25-39(26-30-62)69-52(65)58-43-22-17-16-21-40(43)37-19-14-13-15-20-37/h13-17,19-24,33-34,39,47,57H,18,25-32,35-36H2,1-12H3,(H,58,65)(H,59,64)(H,60,66). The van der Waals surface area contributed by atoms with E-state index in [0.717, 1.165) is 40.0 Å². The summed E-state index contributed by atoms with van der Waals surface area (Å²) in [6.07, 6.45) is 0.396. The fourth-order valence-electron chi connectivity index (χ4n) is 8.08. The van der Waals surface area contributed by atoms with Crippen LogP contribution in [0.25, 0.3) is 21.3 Å². The molecule has 4 N–H and O–H groups in total. The molecule has 6 rings (SSSR count). The normalized spacial score (nSPS) is 14.3. The molecule has 1 unspecified atom stereocenters. The number of hydrogen-bond donors (Lipinski definition) is 4. The molecular formula is C55H77ClN6O9SSi2. The van der Waals surface area contributed by atoms with Crippen molar-refractivity contribution in [3.8, 4) is 22.6 Å². The summed E-state index contributed by atoms with van der Waals surface area (Å²) in [5, 5.41) is 9.42. The maximum Gasteiger partial charge on any atom is 0.411 e. The van der Waals surface area contributed by atoms with Gasteiger partial charge in [-0.15, -0.1) is 0 Å². The van der Waals surface area contributed by atoms with Crippen LogP contribution in [0.1, 0.15) is 84.5 Å². The SMILES string of the molecule is COc1cc(NC(=O)OCCCN(C)C(=O)CCN2CCC(OC(=O)Nc3ccccc3-c3ccccc3)CC2)c(Cl)cc1CNCC(O[Si](C)(C)C(C)(C)C)c1ccc(O[Si](C)(C)C(C)(C)C)c2[nH]c(=O)sc12. The minimum atomic E-state index is -2.32. The summed E-state index contributed by atoms with van der Waals surface area (Å²) >= 11 is 7.92. The molecule has 0 bridgehead atoms. The maximum absolute atomic E-state index is 13.0. The number of para-hydroxylation sites is 1. The van der Waals surface area contributed by atoms with Crippen LogP contribution in [0.4, 0.5) is 21.0 Å². The van der Waals surface area contributed by atoms with Crippen molar-refractivity contribution in [2.75, 3.05) is 64.1 Å². The van der Waals surface area contributed by atoms with E-state index in [2.05, 4.69) is 93.6 Å². The van der Waals surface area contributed by atoms with Crippen LogP contribution >= 0.6 is 22.9 Å². The van der Waals surface area contributed by atoms with Gasteiger partial charge < -0.3 is 43.2 Å². The molecule has 4 aromatic carbocycles. The number of piperidine rings is 1. The first-order chi connectivity index (χ1) is 34.9. The van der Waals surface area contributed by atoms with Gasteiger partial charge in [0, 0.05) is 75.5 Å². The quantitative estimate of drug-likeness (QED) is 0.0407. The van der Waals surface area contributed by atoms with Gasteiger partial charge in [0.2, 0.25) is 5.91 Å². The number of nitrogens with one attached hydrogen (secondary N) is 4. The molecule has 402 valence electrons. The van der Waals surface area contributed by atoms with E-state index >= 15 is 0 Å². The predicted molar refractivity (Wildman–Crippen MR) is 304 cm³/mol. The molecule has 0 spiro atoms. The van der Waals surface area contributed by atoms with E-state index in [1.54, 1.807) is 31.2 Å². The van der Waals surface area contributed by atoms with Crippen LogP contribution in [0.5, 0.6) is 11.5 Å². The third-order valence-electron chi connectivity index (χ3n) is 14.6. The molecule has 2 heterocycles. The van der Waals surface area contributed by atoms with Gasteiger partial charge in [-0.3, -0.25) is 20.2 Å². The van der Waals surface area contributed by atoms with Gasteiger partial charge in [0.25, 0.3) is 8.32 Å². The number of fused-ring (bicyclic) bond motifs is 1. The number of ether oxygens (including phenoxy) is 3. The van der Waals surface area contributed by atoms with Crippen LogP contribution in [-0.2, 0) is 25.2 Å². The average molecular weight is 1090 g/mol. The Morgan fingerprint density at radius 2 is 1.53 bits per heavy atom. The summed E-state index contributed by atoms with van der Waals surface area (Å²) in [7, 11) is -1.23. The topological polar surface area (TPSA) is 173 Å². The highest BCUT2D eigenvalue weighted by Gasteiger charge is 2.41. The van der Waals surface area contributed by atoms with Crippen LogP contribution in [0.3, 0.4) is 0 Å². The first-order valence-electron chi connectivity index (χ1n) is 25.5. The highest BCUT2D eigenvalue weighted by atomic mass is 35.5. The second-order valence-corrected chi connectivity index (χ2v) is 32.9. The van der Waals surface area contributed by atoms with Gasteiger partial charge >= 0.3 is 17.1 Å². The lowest BCUT2D eigenvalue weighted by Crippen LogP contribution is -2.44. The Morgan fingerprint density at radius 3 is 2.20 bits per heavy atom. The van der Waals surface area contributed by atoms with Crippen molar-refractivity contribution in [1.82, 2.24) is 20.1 Å². The Kier molecular flexibility index (Phi) is 19.7. The largest absolute Gasteiger partial charge is 0.542 e. The highest BCUT2D eigenvalue weighted by molar-refractivity contribution is 7.16. The van der Waals surface area contributed by atoms with Crippen molar-refractivity contribution >= 4 is 79.3 Å². The number of carbonyl (C=O) groups is 3. The zero-order chi connectivity index (χ0) is 54.0. The number of rotatable bonds is 21. The van der Waals surface area contributed by atoms with Gasteiger partial charge in [-0.25, -0.2) is 9.59 Å². The smallest absolute Gasteiger partial charge is 0.411 e. The van der Waals surface area contributed by atoms with E-state index in [-0.39, 0.29) is 33.6 Å². The molecule has 1 aliphatic heterocycles. The van der Waals surface area contributed by atoms with E-state index in [4.69, 9.17) is 34.7 Å². The predicted octanol–water partition coefficient (Wildman–Crippen LogP) is 12.7. The van der Waals surface area contributed by atoms with Gasteiger partial charge in [-0.05, 0) is 79.3 Å². The van der Waals surface area contributed by atoms with Crippen molar-refractivity contribution in [1.29, 1.82) is 0 Å². The molecule has 1 saturated heterocycles. The number of aromatic amines is 1. The van der Waals surface area contributed by atoms with Crippen molar-refractivity contribution < 1.29 is 37.4 Å². The van der Waals surface area contributed by atoms with E-state index in [1.165, 1.54) is 11.3 Å². The molecule has 5 aromatic rings. The monoisotopic (exact) mass is 1090 g/mol. The number of H-pyrrole nitrogens is 1. The lowest BCUT2D eigenvalue weighted by molar-refractivity contribution is -0.130. The highest BCUT2D eigenvalue weighted by Crippen LogP contribution is 2.44. The molecule has 1 fully saturated rings. The third-order valence-corrected chi connectivity index (χ3v) is 24.7. The second kappa shape index (κ2) is 25.1. The lowest BCUT2D eigenvalue weighted by atomic mass is 10.0. The second-order valence-electron chi connectivity index (χ2n) is 22.0. The summed E-state index contributed by atoms with van der Waals surface area (Å²) < 4.78 is 31.7. The number of amides is 3. The van der Waals surface area contributed by atoms with Crippen LogP contribution in [0, 0.1) is 0 Å². The van der Waals surface area contributed by atoms with Crippen molar-refractivity contribution in [3.05, 3.63) is 105 Å². The van der Waals surface area contributed by atoms with Crippen molar-refractivity contribution in [3.63, 3.8) is 0 Å². The lowest BCUT2D eigenvalue weighted by Gasteiger charge is -2.40. The molecule has 3 amide bonds. The van der Waals surface area contributed by atoms with Gasteiger partial charge in [-0.1, -0.05) is 119 Å². The van der Waals surface area contributed by atoms with Gasteiger partial charge in [0.15, 0.2) is 8.32 Å². The molecule has 15 nitrogen and oxygen atoms in total. The molecule has 1 aromatic heterocycles. The van der Waals surface area contributed by atoms with Crippen LogP contribution in [0.15, 0.2) is 83.7 Å². The van der Waals surface area contributed by atoms with Crippen LogP contribution in [-0.4, -0.2) is 109 Å². The summed E-state index contributed by atoms with van der Waals surface area (Å²) in [5.74, 6) is 1.19. The van der Waals surface area contributed by atoms with E-state index < -0.39 is 34.9 Å². The molecule has 19 heteroatoms. The van der Waals surface area contributed by atoms with Crippen molar-refractivity contribution in [2.24, 2.45) is 0 Å². The maximum atomic E-state index is 13.0. The molecule has 0 aliphatic carbocycles. The zero-order valence-corrected chi connectivity index (χ0v) is 48.9. The Morgan fingerprint density at radius 1 is 0.865 bits per heavy atom. The first-order valence-corrected chi connectivity index (χ1v) is 32.5. The molecule has 1 aliphatic rings. The number of carbonyl (C=O) groups excluding carboxylic acids is 3. The number of aromatic nitrogens is 1. The number of methoxy groups -OCH3 is 1. The number of thiazole rings is 1. The fourth-order valence-corrected chi connectivity index (χ4v) is 11.5. The van der Waals surface area contributed by atoms with Crippen LogP contribution in [0.2, 0.25) is 41.3 Å². The summed E-state index contributed by atoms with van der Waals surface area (Å²) in [6.45, 7) is 25.3. The summed E-state index contributed by atoms with van der Waals surface area (Å²) in [6, 6.07) is 25.0. The number of likely N-dealkylation sites (tertiary alicyclic amines) is 1. The van der Waals surface area contributed by atoms with Crippen LogP contribution < -0.4 is 30.0 Å². The van der Waals surface area contributed by atoms with Crippen molar-refractivity contribution in [2.45, 2.75) is 122 Å². The number of nitrogens with zero attached hydrogens (tertiary/aromatic N) is 2. The summed E-state index contributed by atoms with van der Waals surface area (Å²) in [5.41, 5.74) is 5.32. The molecule has 0 saturated carbocycles. The minimum absolute atomic E-state index is 0.00561. The van der Waals surface area contributed by atoms with E-state index in [9.17, 15) is 19.2 Å². The number of halogens is 1. The first kappa shape index (κ1) is 58.1. The number of benzene rings is 4. The Hall–Kier alpha value is -5.22. The molecular weight excluding hydrogens is 1010 g/mol. The minimum Gasteiger partial charge on any atom is -0.542 e. The van der Waals surface area contributed by atoms with E-state index in [0.29, 0.717) is 85.3 Å². The summed E-state index contributed by atoms with van der Waals surface area (Å²) in [4.78, 5) is 58.5. The van der Waals surface area contributed by atoms with Gasteiger partial charge in [-0.2, -0.15) is 0 Å². The van der Waals surface area contributed by atoms with Gasteiger partial charge in [0.1, 0.15) is 23.1 Å². The Labute approximate surface area is 448 Å². The molecule has 74 heavy (non-hydrogen) atoms. The van der Waals surface area contributed by atoms with Gasteiger partial charge in [0.05, 0.1) is 40.9 Å². The number of anilines is 2. The number of hydrogen-bond acceptors (Lipinski definition) is 12. The average Bonchev–Trinajstić information content (AvgIpc) is 3.74. The Balaban J connectivity index is 0.946. The zero-order valence-electron chi connectivity index (χ0n) is 45.3. The third kappa shape index (κ3) is 15.4. The van der Waals surface area contributed by atoms with E-state index in [1.807, 2.05) is 66.7 Å². The fraction of sp³-hybridized carbons (Fsp3) is 0.491.